The van der Waals surface area contributed by atoms with Crippen LogP contribution >= 0.6 is 23.4 Å². The molecule has 0 atom stereocenters. The molecule has 6 nitrogen and oxygen atoms in total. The van der Waals surface area contributed by atoms with Gasteiger partial charge in [0.1, 0.15) is 0 Å². The van der Waals surface area contributed by atoms with Crippen molar-refractivity contribution in [3.8, 4) is 6.19 Å². The Morgan fingerprint density at radius 1 is 1.38 bits per heavy atom. The maximum atomic E-state index is 12.2. The Kier molecular flexibility index (Phi) is 7.61. The molecular formula is C18H24ClN5OS. The minimum atomic E-state index is 0.227. The zero-order chi connectivity index (χ0) is 19.1. The molecule has 26 heavy (non-hydrogen) atoms. The summed E-state index contributed by atoms with van der Waals surface area (Å²) >= 11 is 7.81. The molecular weight excluding hydrogens is 370 g/mol. The normalized spacial score (nSPS) is 15.2. The summed E-state index contributed by atoms with van der Waals surface area (Å²) in [4.78, 5) is 20.7. The van der Waals surface area contributed by atoms with Gasteiger partial charge in [0.15, 0.2) is 11.4 Å². The standard InChI is InChI=1S/C18H24ClN5OS/c1-13(2)10-17(25)24-8-6-23(7-9-24)16-5-4-14(11-15(16)19)22-18(26-3)21-12-20/h4-5,11,13H,6-10H2,1-3H3,(H,21,22). The number of carbonyl (C=O) groups is 1. The first-order valence-electron chi connectivity index (χ1n) is 8.54. The van der Waals surface area contributed by atoms with Gasteiger partial charge in [0.05, 0.1) is 16.4 Å². The van der Waals surface area contributed by atoms with Gasteiger partial charge in [0.25, 0.3) is 0 Å². The molecule has 1 aromatic carbocycles. The number of hydrogen-bond donors (Lipinski definition) is 1. The second kappa shape index (κ2) is 9.70. The molecule has 0 radical (unpaired) electrons. The lowest BCUT2D eigenvalue weighted by molar-refractivity contribution is -0.132. The molecule has 1 amide bonds. The number of piperazine rings is 1. The van der Waals surface area contributed by atoms with Gasteiger partial charge in [-0.3, -0.25) is 10.1 Å². The average molecular weight is 394 g/mol. The molecule has 1 aromatic rings. The molecule has 140 valence electrons. The van der Waals surface area contributed by atoms with Crippen LogP contribution in [0.2, 0.25) is 5.02 Å². The number of nitriles is 1. The fourth-order valence-corrected chi connectivity index (χ4v) is 3.43. The summed E-state index contributed by atoms with van der Waals surface area (Å²) in [5.74, 6) is 0.606. The van der Waals surface area contributed by atoms with Crippen molar-refractivity contribution in [2.24, 2.45) is 10.9 Å². The first kappa shape index (κ1) is 20.4. The van der Waals surface area contributed by atoms with Crippen molar-refractivity contribution in [3.05, 3.63) is 23.2 Å². The number of halogens is 1. The van der Waals surface area contributed by atoms with Crippen molar-refractivity contribution in [1.29, 1.82) is 5.26 Å². The molecule has 0 spiro atoms. The van der Waals surface area contributed by atoms with Gasteiger partial charge >= 0.3 is 0 Å². The molecule has 1 heterocycles. The summed E-state index contributed by atoms with van der Waals surface area (Å²) in [5.41, 5.74) is 1.64. The fourth-order valence-electron chi connectivity index (χ4n) is 2.79. The number of anilines is 1. The third-order valence-corrected chi connectivity index (χ3v) is 4.96. The van der Waals surface area contributed by atoms with Gasteiger partial charge in [-0.05, 0) is 30.4 Å². The lowest BCUT2D eigenvalue weighted by Gasteiger charge is -2.36. The highest BCUT2D eigenvalue weighted by Gasteiger charge is 2.22. The molecule has 2 rings (SSSR count). The number of amides is 1. The number of rotatable bonds is 4. The first-order chi connectivity index (χ1) is 12.4. The summed E-state index contributed by atoms with van der Waals surface area (Å²) in [7, 11) is 0. The van der Waals surface area contributed by atoms with E-state index >= 15 is 0 Å². The van der Waals surface area contributed by atoms with Crippen LogP contribution in [-0.4, -0.2) is 48.4 Å². The van der Waals surface area contributed by atoms with Gasteiger partial charge in [-0.2, -0.15) is 5.26 Å². The number of nitrogens with zero attached hydrogens (tertiary/aromatic N) is 4. The van der Waals surface area contributed by atoms with Gasteiger partial charge < -0.3 is 9.80 Å². The molecule has 0 saturated carbocycles. The molecule has 1 aliphatic heterocycles. The zero-order valence-electron chi connectivity index (χ0n) is 15.3. The monoisotopic (exact) mass is 393 g/mol. The lowest BCUT2D eigenvalue weighted by Crippen LogP contribution is -2.49. The Morgan fingerprint density at radius 2 is 2.08 bits per heavy atom. The third kappa shape index (κ3) is 5.55. The van der Waals surface area contributed by atoms with E-state index in [-0.39, 0.29) is 5.91 Å². The molecule has 1 aliphatic rings. The number of nitrogens with one attached hydrogen (secondary N) is 1. The molecule has 1 N–H and O–H groups in total. The Morgan fingerprint density at radius 3 is 2.62 bits per heavy atom. The summed E-state index contributed by atoms with van der Waals surface area (Å²) < 4.78 is 0. The number of aliphatic imine (C=N–C) groups is 1. The highest BCUT2D eigenvalue weighted by Crippen LogP contribution is 2.31. The number of thioether (sulfide) groups is 1. The largest absolute Gasteiger partial charge is 0.367 e. The molecule has 8 heteroatoms. The Balaban J connectivity index is 2.03. The van der Waals surface area contributed by atoms with Crippen molar-refractivity contribution >= 4 is 45.8 Å². The fraction of sp³-hybridized carbons (Fsp3) is 0.500. The highest BCUT2D eigenvalue weighted by atomic mass is 35.5. The molecule has 0 bridgehead atoms. The van der Waals surface area contributed by atoms with E-state index in [0.717, 1.165) is 18.8 Å². The van der Waals surface area contributed by atoms with Crippen molar-refractivity contribution in [2.75, 3.05) is 37.3 Å². The molecule has 1 saturated heterocycles. The number of hydrogen-bond acceptors (Lipinski definition) is 5. The smallest absolute Gasteiger partial charge is 0.222 e. The molecule has 0 aliphatic carbocycles. The van der Waals surface area contributed by atoms with Gasteiger partial charge in [0.2, 0.25) is 5.91 Å². The van der Waals surface area contributed by atoms with E-state index in [4.69, 9.17) is 16.9 Å². The van der Waals surface area contributed by atoms with E-state index in [0.29, 0.717) is 41.3 Å². The van der Waals surface area contributed by atoms with Crippen molar-refractivity contribution in [1.82, 2.24) is 10.2 Å². The SMILES string of the molecule is CSC(=Nc1ccc(N2CCN(C(=O)CC(C)C)CC2)c(Cl)c1)NC#N. The molecule has 0 unspecified atom stereocenters. The van der Waals surface area contributed by atoms with Crippen molar-refractivity contribution in [3.63, 3.8) is 0 Å². The zero-order valence-corrected chi connectivity index (χ0v) is 16.9. The Hall–Kier alpha value is -1.91. The summed E-state index contributed by atoms with van der Waals surface area (Å²) in [6.07, 6.45) is 4.31. The van der Waals surface area contributed by atoms with E-state index in [1.165, 1.54) is 11.8 Å². The maximum Gasteiger partial charge on any atom is 0.222 e. The first-order valence-corrected chi connectivity index (χ1v) is 10.1. The topological polar surface area (TPSA) is 71.7 Å². The van der Waals surface area contributed by atoms with Gasteiger partial charge in [0, 0.05) is 32.6 Å². The average Bonchev–Trinajstić information content (AvgIpc) is 2.61. The van der Waals surface area contributed by atoms with Crippen LogP contribution in [0.5, 0.6) is 0 Å². The predicted molar refractivity (Wildman–Crippen MR) is 109 cm³/mol. The van der Waals surface area contributed by atoms with Crippen molar-refractivity contribution in [2.45, 2.75) is 20.3 Å². The minimum absolute atomic E-state index is 0.227. The van der Waals surface area contributed by atoms with E-state index in [2.05, 4.69) is 29.1 Å². The summed E-state index contributed by atoms with van der Waals surface area (Å²) in [6.45, 7) is 7.07. The van der Waals surface area contributed by atoms with Crippen LogP contribution in [-0.2, 0) is 4.79 Å². The van der Waals surface area contributed by atoms with Crippen LogP contribution in [0.15, 0.2) is 23.2 Å². The van der Waals surface area contributed by atoms with E-state index < -0.39 is 0 Å². The molecule has 1 fully saturated rings. The second-order valence-corrected chi connectivity index (χ2v) is 7.66. The Bertz CT molecular complexity index is 708. The van der Waals surface area contributed by atoms with Crippen LogP contribution in [0.25, 0.3) is 0 Å². The van der Waals surface area contributed by atoms with E-state index in [1.54, 1.807) is 6.07 Å². The number of carbonyl (C=O) groups excluding carboxylic acids is 1. The predicted octanol–water partition coefficient (Wildman–Crippen LogP) is 3.46. The highest BCUT2D eigenvalue weighted by molar-refractivity contribution is 8.13. The maximum absolute atomic E-state index is 12.2. The van der Waals surface area contributed by atoms with Crippen LogP contribution in [0.4, 0.5) is 11.4 Å². The van der Waals surface area contributed by atoms with Gasteiger partial charge in [-0.15, -0.1) is 0 Å². The van der Waals surface area contributed by atoms with Crippen LogP contribution in [0.3, 0.4) is 0 Å². The minimum Gasteiger partial charge on any atom is -0.367 e. The third-order valence-electron chi connectivity index (χ3n) is 4.07. The lowest BCUT2D eigenvalue weighted by atomic mass is 10.1. The van der Waals surface area contributed by atoms with Crippen LogP contribution < -0.4 is 10.2 Å². The van der Waals surface area contributed by atoms with Crippen LogP contribution in [0, 0.1) is 17.4 Å². The van der Waals surface area contributed by atoms with Crippen LogP contribution in [0.1, 0.15) is 20.3 Å². The Labute approximate surface area is 164 Å². The van der Waals surface area contributed by atoms with E-state index in [9.17, 15) is 4.79 Å². The number of benzene rings is 1. The summed E-state index contributed by atoms with van der Waals surface area (Å²) in [6, 6.07) is 5.62. The van der Waals surface area contributed by atoms with Gasteiger partial charge in [-0.25, -0.2) is 4.99 Å². The summed E-state index contributed by atoms with van der Waals surface area (Å²) in [5, 5.41) is 12.4. The second-order valence-electron chi connectivity index (χ2n) is 6.46. The molecule has 0 aromatic heterocycles. The van der Waals surface area contributed by atoms with Gasteiger partial charge in [-0.1, -0.05) is 37.2 Å². The van der Waals surface area contributed by atoms with Crippen molar-refractivity contribution < 1.29 is 4.79 Å². The number of amidine groups is 1. The quantitative estimate of drug-likeness (QED) is 0.367. The van der Waals surface area contributed by atoms with E-state index in [1.807, 2.05) is 29.5 Å².